The minimum Gasteiger partial charge on any atom is -0.464 e. The van der Waals surface area contributed by atoms with Crippen LogP contribution in [0.4, 0.5) is 0 Å². The highest BCUT2D eigenvalue weighted by molar-refractivity contribution is 7.88. The number of hydrogen-bond acceptors (Lipinski definition) is 4. The smallest absolute Gasteiger partial charge is 0.224 e. The molecule has 0 aliphatic rings. The largest absolute Gasteiger partial charge is 0.464 e. The Bertz CT molecular complexity index is 1070. The SMILES string of the molecule is CNS(=O)(=O)Cc1ccccc1CNC(=O)Cc1coc2cc(C)ccc12. The van der Waals surface area contributed by atoms with Crippen LogP contribution < -0.4 is 10.0 Å². The summed E-state index contributed by atoms with van der Waals surface area (Å²) in [4.78, 5) is 12.4. The van der Waals surface area contributed by atoms with Crippen molar-refractivity contribution in [1.29, 1.82) is 0 Å². The molecular formula is C20H22N2O4S. The van der Waals surface area contributed by atoms with Crippen LogP contribution >= 0.6 is 0 Å². The van der Waals surface area contributed by atoms with Crippen molar-refractivity contribution in [3.63, 3.8) is 0 Å². The average molecular weight is 386 g/mol. The number of hydrogen-bond donors (Lipinski definition) is 2. The van der Waals surface area contributed by atoms with E-state index in [1.165, 1.54) is 7.05 Å². The summed E-state index contributed by atoms with van der Waals surface area (Å²) < 4.78 is 31.5. The summed E-state index contributed by atoms with van der Waals surface area (Å²) in [5.41, 5.74) is 4.13. The van der Waals surface area contributed by atoms with Gasteiger partial charge in [0.25, 0.3) is 0 Å². The molecule has 142 valence electrons. The highest BCUT2D eigenvalue weighted by Crippen LogP contribution is 2.22. The Hall–Kier alpha value is -2.64. The normalized spacial score (nSPS) is 11.6. The molecular weight excluding hydrogens is 364 g/mol. The predicted molar refractivity (Wildman–Crippen MR) is 105 cm³/mol. The second-order valence-corrected chi connectivity index (χ2v) is 8.37. The van der Waals surface area contributed by atoms with Gasteiger partial charge in [0.2, 0.25) is 15.9 Å². The first-order chi connectivity index (χ1) is 12.9. The summed E-state index contributed by atoms with van der Waals surface area (Å²) in [7, 11) is -1.99. The Morgan fingerprint density at radius 2 is 1.81 bits per heavy atom. The van der Waals surface area contributed by atoms with Gasteiger partial charge in [0.05, 0.1) is 18.4 Å². The van der Waals surface area contributed by atoms with Crippen LogP contribution in [0.1, 0.15) is 22.3 Å². The molecule has 2 N–H and O–H groups in total. The van der Waals surface area contributed by atoms with Gasteiger partial charge < -0.3 is 9.73 Å². The summed E-state index contributed by atoms with van der Waals surface area (Å²) in [5.74, 6) is -0.272. The Labute approximate surface area is 158 Å². The third-order valence-electron chi connectivity index (χ3n) is 4.41. The summed E-state index contributed by atoms with van der Waals surface area (Å²) in [6.45, 7) is 2.25. The number of benzene rings is 2. The van der Waals surface area contributed by atoms with E-state index in [0.29, 0.717) is 5.56 Å². The molecule has 0 atom stereocenters. The lowest BCUT2D eigenvalue weighted by atomic mass is 10.1. The van der Waals surface area contributed by atoms with Crippen molar-refractivity contribution >= 4 is 26.9 Å². The third-order valence-corrected chi connectivity index (χ3v) is 5.73. The minimum atomic E-state index is -3.38. The van der Waals surface area contributed by atoms with Crippen molar-refractivity contribution in [1.82, 2.24) is 10.0 Å². The molecule has 2 aromatic carbocycles. The molecule has 0 unspecified atom stereocenters. The van der Waals surface area contributed by atoms with E-state index in [1.54, 1.807) is 18.4 Å². The van der Waals surface area contributed by atoms with Crippen LogP contribution in [-0.2, 0) is 33.5 Å². The van der Waals surface area contributed by atoms with Crippen molar-refractivity contribution in [3.8, 4) is 0 Å². The van der Waals surface area contributed by atoms with Crippen molar-refractivity contribution in [3.05, 3.63) is 71.0 Å². The molecule has 0 bridgehead atoms. The van der Waals surface area contributed by atoms with Crippen LogP contribution in [0.5, 0.6) is 0 Å². The Morgan fingerprint density at radius 3 is 2.56 bits per heavy atom. The first-order valence-electron chi connectivity index (χ1n) is 8.59. The highest BCUT2D eigenvalue weighted by Gasteiger charge is 2.14. The van der Waals surface area contributed by atoms with Crippen molar-refractivity contribution in [2.24, 2.45) is 0 Å². The molecule has 1 amide bonds. The molecule has 6 nitrogen and oxygen atoms in total. The van der Waals surface area contributed by atoms with E-state index in [4.69, 9.17) is 4.42 Å². The average Bonchev–Trinajstić information content (AvgIpc) is 3.02. The standard InChI is InChI=1S/C20H22N2O4S/c1-14-7-8-18-17(12-26-19(18)9-14)10-20(23)22-11-15-5-3-4-6-16(15)13-27(24,25)21-2/h3-9,12,21H,10-11,13H2,1-2H3,(H,22,23). The highest BCUT2D eigenvalue weighted by atomic mass is 32.2. The summed E-state index contributed by atoms with van der Waals surface area (Å²) in [6.07, 6.45) is 1.81. The molecule has 27 heavy (non-hydrogen) atoms. The van der Waals surface area contributed by atoms with Crippen LogP contribution in [0.15, 0.2) is 53.1 Å². The number of furan rings is 1. The van der Waals surface area contributed by atoms with Gasteiger partial charge in [-0.1, -0.05) is 36.4 Å². The van der Waals surface area contributed by atoms with Gasteiger partial charge in [0, 0.05) is 17.5 Å². The van der Waals surface area contributed by atoms with E-state index in [9.17, 15) is 13.2 Å². The minimum absolute atomic E-state index is 0.124. The number of carbonyl (C=O) groups excluding carboxylic acids is 1. The van der Waals surface area contributed by atoms with E-state index in [1.807, 2.05) is 37.3 Å². The van der Waals surface area contributed by atoms with E-state index in [0.717, 1.165) is 27.7 Å². The van der Waals surface area contributed by atoms with Crippen LogP contribution in [-0.4, -0.2) is 21.4 Å². The second kappa shape index (κ2) is 7.94. The van der Waals surface area contributed by atoms with Crippen LogP contribution in [0.25, 0.3) is 11.0 Å². The molecule has 7 heteroatoms. The molecule has 0 aliphatic heterocycles. The Kier molecular flexibility index (Phi) is 5.62. The molecule has 3 rings (SSSR count). The van der Waals surface area contributed by atoms with Gasteiger partial charge in [-0.2, -0.15) is 0 Å². The number of carbonyl (C=O) groups is 1. The lowest BCUT2D eigenvalue weighted by Crippen LogP contribution is -2.26. The molecule has 1 aromatic heterocycles. The zero-order valence-electron chi connectivity index (χ0n) is 15.3. The molecule has 0 fully saturated rings. The number of sulfonamides is 1. The number of fused-ring (bicyclic) bond motifs is 1. The van der Waals surface area contributed by atoms with E-state index < -0.39 is 10.0 Å². The van der Waals surface area contributed by atoms with Gasteiger partial charge in [-0.25, -0.2) is 13.1 Å². The van der Waals surface area contributed by atoms with Crippen molar-refractivity contribution in [2.75, 3.05) is 7.05 Å². The van der Waals surface area contributed by atoms with E-state index in [2.05, 4.69) is 10.0 Å². The molecule has 0 radical (unpaired) electrons. The molecule has 0 saturated heterocycles. The lowest BCUT2D eigenvalue weighted by Gasteiger charge is -2.11. The first kappa shape index (κ1) is 19.1. The van der Waals surface area contributed by atoms with Crippen LogP contribution in [0.3, 0.4) is 0 Å². The third kappa shape index (κ3) is 4.75. The molecule has 0 aliphatic carbocycles. The van der Waals surface area contributed by atoms with Gasteiger partial charge in [-0.3, -0.25) is 4.79 Å². The van der Waals surface area contributed by atoms with Crippen molar-refractivity contribution < 1.29 is 17.6 Å². The zero-order valence-corrected chi connectivity index (χ0v) is 16.1. The van der Waals surface area contributed by atoms with Gasteiger partial charge in [0.15, 0.2) is 0 Å². The predicted octanol–water partition coefficient (Wildman–Crippen LogP) is 2.65. The maximum atomic E-state index is 12.4. The van der Waals surface area contributed by atoms with Gasteiger partial charge in [-0.05, 0) is 36.7 Å². The second-order valence-electron chi connectivity index (χ2n) is 6.45. The van der Waals surface area contributed by atoms with E-state index >= 15 is 0 Å². The number of nitrogens with one attached hydrogen (secondary N) is 2. The number of amides is 1. The first-order valence-corrected chi connectivity index (χ1v) is 10.2. The number of rotatable bonds is 7. The van der Waals surface area contributed by atoms with Gasteiger partial charge in [-0.15, -0.1) is 0 Å². The van der Waals surface area contributed by atoms with Gasteiger partial charge in [0.1, 0.15) is 5.58 Å². The summed E-state index contributed by atoms with van der Waals surface area (Å²) in [5, 5.41) is 3.79. The number of aryl methyl sites for hydroxylation is 1. The molecule has 3 aromatic rings. The quantitative estimate of drug-likeness (QED) is 0.653. The fraction of sp³-hybridized carbons (Fsp3) is 0.250. The zero-order chi connectivity index (χ0) is 19.4. The fourth-order valence-corrected chi connectivity index (χ4v) is 3.74. The lowest BCUT2D eigenvalue weighted by molar-refractivity contribution is -0.120. The van der Waals surface area contributed by atoms with Crippen LogP contribution in [0.2, 0.25) is 0 Å². The van der Waals surface area contributed by atoms with Crippen molar-refractivity contribution in [2.45, 2.75) is 25.6 Å². The topological polar surface area (TPSA) is 88.4 Å². The van der Waals surface area contributed by atoms with Gasteiger partial charge >= 0.3 is 0 Å². The maximum Gasteiger partial charge on any atom is 0.224 e. The van der Waals surface area contributed by atoms with Crippen LogP contribution in [0, 0.1) is 6.92 Å². The molecule has 0 spiro atoms. The fourth-order valence-electron chi connectivity index (χ4n) is 2.90. The molecule has 1 heterocycles. The maximum absolute atomic E-state index is 12.4. The summed E-state index contributed by atoms with van der Waals surface area (Å²) in [6, 6.07) is 13.1. The Morgan fingerprint density at radius 1 is 1.07 bits per heavy atom. The Balaban J connectivity index is 1.67. The monoisotopic (exact) mass is 386 g/mol. The summed E-state index contributed by atoms with van der Waals surface area (Å²) >= 11 is 0. The molecule has 0 saturated carbocycles. The van der Waals surface area contributed by atoms with E-state index in [-0.39, 0.29) is 24.6 Å².